The highest BCUT2D eigenvalue weighted by Crippen LogP contribution is 2.45. The van der Waals surface area contributed by atoms with Crippen LogP contribution < -0.4 is 10.1 Å². The van der Waals surface area contributed by atoms with E-state index in [-0.39, 0.29) is 13.2 Å². The molecule has 1 aliphatic carbocycles. The van der Waals surface area contributed by atoms with Crippen LogP contribution in [0.4, 0.5) is 4.39 Å². The number of hydrogen-bond donors (Lipinski definition) is 2. The van der Waals surface area contributed by atoms with Crippen LogP contribution in [-0.4, -0.2) is 30.1 Å². The van der Waals surface area contributed by atoms with Gasteiger partial charge in [-0.2, -0.15) is 0 Å². The summed E-state index contributed by atoms with van der Waals surface area (Å²) in [6.07, 6.45) is 0.748. The molecule has 2 N–H and O–H groups in total. The van der Waals surface area contributed by atoms with E-state index in [9.17, 15) is 14.0 Å². The molecule has 0 bridgehead atoms. The van der Waals surface area contributed by atoms with Crippen molar-refractivity contribution in [2.45, 2.75) is 12.8 Å². The molecular formula is C13H14FNO4. The molecule has 0 unspecified atom stereocenters. The van der Waals surface area contributed by atoms with Crippen molar-refractivity contribution in [3.05, 3.63) is 30.1 Å². The van der Waals surface area contributed by atoms with Crippen molar-refractivity contribution in [2.24, 2.45) is 5.41 Å². The number of carbonyl (C=O) groups excluding carboxylic acids is 1. The average Bonchev–Trinajstić information content (AvgIpc) is 3.16. The fourth-order valence-electron chi connectivity index (χ4n) is 1.72. The molecule has 0 radical (unpaired) electrons. The Morgan fingerprint density at radius 1 is 1.42 bits per heavy atom. The van der Waals surface area contributed by atoms with Crippen molar-refractivity contribution >= 4 is 11.9 Å². The van der Waals surface area contributed by atoms with Gasteiger partial charge in [-0.25, -0.2) is 4.39 Å². The smallest absolute Gasteiger partial charge is 0.319 e. The van der Waals surface area contributed by atoms with Crippen LogP contribution in [0.3, 0.4) is 0 Å². The molecule has 0 heterocycles. The molecule has 1 aromatic carbocycles. The Bertz CT molecular complexity index is 499. The van der Waals surface area contributed by atoms with Crippen molar-refractivity contribution in [2.75, 3.05) is 13.2 Å². The van der Waals surface area contributed by atoms with Crippen LogP contribution in [0.5, 0.6) is 5.75 Å². The van der Waals surface area contributed by atoms with E-state index in [2.05, 4.69) is 5.32 Å². The van der Waals surface area contributed by atoms with E-state index in [1.165, 1.54) is 18.2 Å². The van der Waals surface area contributed by atoms with Crippen LogP contribution in [0.15, 0.2) is 24.3 Å². The van der Waals surface area contributed by atoms with Gasteiger partial charge < -0.3 is 15.2 Å². The number of carboxylic acid groups (broad SMARTS) is 1. The molecule has 19 heavy (non-hydrogen) atoms. The van der Waals surface area contributed by atoms with E-state index in [0.29, 0.717) is 18.6 Å². The summed E-state index contributed by atoms with van der Waals surface area (Å²) in [5, 5.41) is 11.4. The van der Waals surface area contributed by atoms with Crippen molar-refractivity contribution in [1.82, 2.24) is 5.32 Å². The van der Waals surface area contributed by atoms with Gasteiger partial charge in [0.25, 0.3) is 0 Å². The third-order valence-electron chi connectivity index (χ3n) is 3.05. The number of carboxylic acids is 1. The van der Waals surface area contributed by atoms with E-state index in [4.69, 9.17) is 9.84 Å². The lowest BCUT2D eigenvalue weighted by atomic mass is 10.1. The Hall–Kier alpha value is -2.11. The Morgan fingerprint density at radius 3 is 2.74 bits per heavy atom. The molecule has 5 nitrogen and oxygen atoms in total. The lowest BCUT2D eigenvalue weighted by Crippen LogP contribution is -2.38. The average molecular weight is 267 g/mol. The lowest BCUT2D eigenvalue weighted by Gasteiger charge is -2.11. The van der Waals surface area contributed by atoms with Gasteiger partial charge >= 0.3 is 5.97 Å². The highest BCUT2D eigenvalue weighted by molar-refractivity contribution is 6.04. The number of rotatable bonds is 6. The molecule has 1 aromatic rings. The predicted molar refractivity (Wildman–Crippen MR) is 64.2 cm³/mol. The van der Waals surface area contributed by atoms with Crippen molar-refractivity contribution in [3.63, 3.8) is 0 Å². The SMILES string of the molecule is O=C(O)C1(C(=O)NCCOc2cccc(F)c2)CC1. The molecule has 1 aliphatic rings. The lowest BCUT2D eigenvalue weighted by molar-refractivity contribution is -0.149. The first-order valence-electron chi connectivity index (χ1n) is 5.95. The minimum Gasteiger partial charge on any atom is -0.492 e. The monoisotopic (exact) mass is 267 g/mol. The van der Waals surface area contributed by atoms with Crippen LogP contribution in [0, 0.1) is 11.2 Å². The second-order valence-corrected chi connectivity index (χ2v) is 4.45. The summed E-state index contributed by atoms with van der Waals surface area (Å²) in [7, 11) is 0. The summed E-state index contributed by atoms with van der Waals surface area (Å²) in [4.78, 5) is 22.5. The fraction of sp³-hybridized carbons (Fsp3) is 0.385. The Labute approximate surface area is 109 Å². The first-order chi connectivity index (χ1) is 9.04. The molecule has 0 atom stereocenters. The number of ether oxygens (including phenoxy) is 1. The van der Waals surface area contributed by atoms with Gasteiger partial charge in [0.05, 0.1) is 6.54 Å². The Morgan fingerprint density at radius 2 is 2.16 bits per heavy atom. The molecule has 0 spiro atoms. The van der Waals surface area contributed by atoms with E-state index in [1.54, 1.807) is 6.07 Å². The number of hydrogen-bond acceptors (Lipinski definition) is 3. The number of benzene rings is 1. The number of nitrogens with one attached hydrogen (secondary N) is 1. The van der Waals surface area contributed by atoms with Crippen molar-refractivity contribution < 1.29 is 23.8 Å². The maximum atomic E-state index is 12.8. The summed E-state index contributed by atoms with van der Waals surface area (Å²) in [5.41, 5.74) is -1.24. The topological polar surface area (TPSA) is 75.6 Å². The van der Waals surface area contributed by atoms with Crippen LogP contribution in [0.2, 0.25) is 0 Å². The zero-order valence-corrected chi connectivity index (χ0v) is 10.2. The standard InChI is InChI=1S/C13H14FNO4/c14-9-2-1-3-10(8-9)19-7-6-15-11(16)13(4-5-13)12(17)18/h1-3,8H,4-7H2,(H,15,16)(H,17,18). The molecule has 1 fully saturated rings. The van der Waals surface area contributed by atoms with Crippen LogP contribution in [0.25, 0.3) is 0 Å². The number of aliphatic carboxylic acids is 1. The predicted octanol–water partition coefficient (Wildman–Crippen LogP) is 1.19. The highest BCUT2D eigenvalue weighted by atomic mass is 19.1. The molecule has 2 rings (SSSR count). The van der Waals surface area contributed by atoms with Crippen molar-refractivity contribution in [3.8, 4) is 5.75 Å². The van der Waals surface area contributed by atoms with Gasteiger partial charge in [-0.1, -0.05) is 6.07 Å². The van der Waals surface area contributed by atoms with Crippen LogP contribution >= 0.6 is 0 Å². The maximum absolute atomic E-state index is 12.8. The summed E-state index contributed by atoms with van der Waals surface area (Å²) in [6.45, 7) is 0.343. The van der Waals surface area contributed by atoms with Gasteiger partial charge in [0.2, 0.25) is 5.91 Å². The second-order valence-electron chi connectivity index (χ2n) is 4.45. The Balaban J connectivity index is 1.73. The van der Waals surface area contributed by atoms with Gasteiger partial charge in [0, 0.05) is 6.07 Å². The van der Waals surface area contributed by atoms with Gasteiger partial charge in [-0.05, 0) is 25.0 Å². The zero-order valence-electron chi connectivity index (χ0n) is 10.2. The third kappa shape index (κ3) is 3.01. The largest absolute Gasteiger partial charge is 0.492 e. The van der Waals surface area contributed by atoms with E-state index in [0.717, 1.165) is 0 Å². The fourth-order valence-corrected chi connectivity index (χ4v) is 1.72. The quantitative estimate of drug-likeness (QED) is 0.599. The normalized spacial score (nSPS) is 15.6. The third-order valence-corrected chi connectivity index (χ3v) is 3.05. The first kappa shape index (κ1) is 13.3. The first-order valence-corrected chi connectivity index (χ1v) is 5.95. The summed E-state index contributed by atoms with van der Waals surface area (Å²) in [6, 6.07) is 5.66. The molecular weight excluding hydrogens is 253 g/mol. The van der Waals surface area contributed by atoms with Crippen molar-refractivity contribution in [1.29, 1.82) is 0 Å². The molecule has 1 amide bonds. The molecule has 0 aliphatic heterocycles. The van der Waals surface area contributed by atoms with E-state index < -0.39 is 23.1 Å². The van der Waals surface area contributed by atoms with Crippen LogP contribution in [0.1, 0.15) is 12.8 Å². The van der Waals surface area contributed by atoms with Gasteiger partial charge in [0.1, 0.15) is 23.6 Å². The van der Waals surface area contributed by atoms with Gasteiger partial charge in [-0.15, -0.1) is 0 Å². The number of amides is 1. The summed E-state index contributed by atoms with van der Waals surface area (Å²) >= 11 is 0. The molecule has 0 aromatic heterocycles. The second kappa shape index (κ2) is 5.26. The van der Waals surface area contributed by atoms with Gasteiger partial charge in [-0.3, -0.25) is 9.59 Å². The number of halogens is 1. The highest BCUT2D eigenvalue weighted by Gasteiger charge is 2.56. The zero-order chi connectivity index (χ0) is 13.9. The Kier molecular flexibility index (Phi) is 3.69. The minimum atomic E-state index is -1.24. The van der Waals surface area contributed by atoms with Gasteiger partial charge in [0.15, 0.2) is 0 Å². The molecule has 0 saturated heterocycles. The van der Waals surface area contributed by atoms with Crippen LogP contribution in [-0.2, 0) is 9.59 Å². The van der Waals surface area contributed by atoms with E-state index >= 15 is 0 Å². The molecule has 6 heteroatoms. The van der Waals surface area contributed by atoms with E-state index in [1.807, 2.05) is 0 Å². The minimum absolute atomic E-state index is 0.158. The summed E-state index contributed by atoms with van der Waals surface area (Å²) < 4.78 is 18.1. The number of carbonyl (C=O) groups is 2. The molecule has 102 valence electrons. The summed E-state index contributed by atoms with van der Waals surface area (Å²) in [5.74, 6) is -1.60. The maximum Gasteiger partial charge on any atom is 0.319 e. The molecule has 1 saturated carbocycles.